The van der Waals surface area contributed by atoms with Gasteiger partial charge in [-0.25, -0.2) is 4.98 Å². The highest BCUT2D eigenvalue weighted by Crippen LogP contribution is 2.29. The van der Waals surface area contributed by atoms with Crippen LogP contribution in [-0.4, -0.2) is 41.0 Å². The molecule has 0 aliphatic rings. The molecule has 3 N–H and O–H groups in total. The summed E-state index contributed by atoms with van der Waals surface area (Å²) in [6, 6.07) is 2.17. The van der Waals surface area contributed by atoms with Crippen LogP contribution in [-0.2, 0) is 6.42 Å². The maximum Gasteiger partial charge on any atom is 0.223 e. The number of nitrogens with zero attached hydrogens (tertiary/aromatic N) is 3. The Morgan fingerprint density at radius 1 is 1.24 bits per heavy atom. The number of aryl methyl sites for hydroxylation is 1. The fourth-order valence-electron chi connectivity index (χ4n) is 2.35. The lowest BCUT2D eigenvalue weighted by molar-refractivity contribution is 0.303. The third-order valence-electron chi connectivity index (χ3n) is 3.65. The zero-order valence-electron chi connectivity index (χ0n) is 13.1. The summed E-state index contributed by atoms with van der Waals surface area (Å²) in [5.41, 5.74) is 5.81. The van der Waals surface area contributed by atoms with E-state index in [-0.39, 0.29) is 0 Å². The SMILES string of the molecule is CCc1cc2c(NCCCN(CC)CC)nc(N)nc2s1. The first-order chi connectivity index (χ1) is 10.2. The summed E-state index contributed by atoms with van der Waals surface area (Å²) in [7, 11) is 0. The standard InChI is InChI=1S/C15H25N5S/c1-4-11-10-12-13(18-15(16)19-14(12)21-11)17-8-7-9-20(5-2)6-3/h10H,4-9H2,1-3H3,(H3,16,17,18,19). The molecule has 2 heterocycles. The lowest BCUT2D eigenvalue weighted by Gasteiger charge is -2.17. The number of hydrogen-bond donors (Lipinski definition) is 2. The first-order valence-corrected chi connectivity index (χ1v) is 8.51. The van der Waals surface area contributed by atoms with Crippen molar-refractivity contribution in [3.05, 3.63) is 10.9 Å². The second-order valence-electron chi connectivity index (χ2n) is 5.02. The topological polar surface area (TPSA) is 67.1 Å². The van der Waals surface area contributed by atoms with Gasteiger partial charge in [0.1, 0.15) is 10.6 Å². The average molecular weight is 307 g/mol. The Kier molecular flexibility index (Phi) is 5.76. The molecule has 5 nitrogen and oxygen atoms in total. The van der Waals surface area contributed by atoms with Gasteiger partial charge in [0, 0.05) is 11.4 Å². The quantitative estimate of drug-likeness (QED) is 0.734. The van der Waals surface area contributed by atoms with Crippen LogP contribution in [0.1, 0.15) is 32.1 Å². The van der Waals surface area contributed by atoms with Crippen LogP contribution in [0.4, 0.5) is 11.8 Å². The van der Waals surface area contributed by atoms with Crippen molar-refractivity contribution in [3.63, 3.8) is 0 Å². The highest BCUT2D eigenvalue weighted by atomic mass is 32.1. The Bertz CT molecular complexity index is 577. The summed E-state index contributed by atoms with van der Waals surface area (Å²) in [4.78, 5) is 13.4. The summed E-state index contributed by atoms with van der Waals surface area (Å²) in [6.07, 6.45) is 2.11. The molecule has 0 radical (unpaired) electrons. The van der Waals surface area contributed by atoms with Crippen LogP contribution < -0.4 is 11.1 Å². The van der Waals surface area contributed by atoms with Gasteiger partial charge in [0.25, 0.3) is 0 Å². The van der Waals surface area contributed by atoms with Crippen molar-refractivity contribution >= 4 is 33.3 Å². The zero-order valence-corrected chi connectivity index (χ0v) is 14.0. The number of anilines is 2. The number of rotatable bonds is 8. The Balaban J connectivity index is 2.02. The van der Waals surface area contributed by atoms with E-state index >= 15 is 0 Å². The van der Waals surface area contributed by atoms with Gasteiger partial charge < -0.3 is 16.0 Å². The van der Waals surface area contributed by atoms with Crippen molar-refractivity contribution in [2.75, 3.05) is 37.2 Å². The molecule has 0 amide bonds. The molecule has 0 aliphatic carbocycles. The van der Waals surface area contributed by atoms with Crippen molar-refractivity contribution in [2.45, 2.75) is 33.6 Å². The highest BCUT2D eigenvalue weighted by molar-refractivity contribution is 7.18. The largest absolute Gasteiger partial charge is 0.369 e. The van der Waals surface area contributed by atoms with Gasteiger partial charge in [0.05, 0.1) is 5.39 Å². The van der Waals surface area contributed by atoms with Crippen molar-refractivity contribution in [1.29, 1.82) is 0 Å². The molecule has 116 valence electrons. The molecule has 0 spiro atoms. The monoisotopic (exact) mass is 307 g/mol. The fraction of sp³-hybridized carbons (Fsp3) is 0.600. The smallest absolute Gasteiger partial charge is 0.223 e. The minimum absolute atomic E-state index is 0.346. The fourth-order valence-corrected chi connectivity index (χ4v) is 3.32. The van der Waals surface area contributed by atoms with Gasteiger partial charge in [-0.05, 0) is 38.5 Å². The van der Waals surface area contributed by atoms with Gasteiger partial charge in [0.2, 0.25) is 5.95 Å². The van der Waals surface area contributed by atoms with Crippen molar-refractivity contribution in [3.8, 4) is 0 Å². The molecule has 2 aromatic rings. The summed E-state index contributed by atoms with van der Waals surface area (Å²) in [5.74, 6) is 1.21. The average Bonchev–Trinajstić information content (AvgIpc) is 2.90. The normalized spacial score (nSPS) is 11.4. The molecule has 2 rings (SSSR count). The van der Waals surface area contributed by atoms with E-state index in [2.05, 4.69) is 47.0 Å². The van der Waals surface area contributed by atoms with E-state index < -0.39 is 0 Å². The van der Waals surface area contributed by atoms with Gasteiger partial charge in [-0.3, -0.25) is 0 Å². The number of hydrogen-bond acceptors (Lipinski definition) is 6. The van der Waals surface area contributed by atoms with Gasteiger partial charge in [-0.1, -0.05) is 20.8 Å². The van der Waals surface area contributed by atoms with Crippen LogP contribution in [0, 0.1) is 0 Å². The lowest BCUT2D eigenvalue weighted by atomic mass is 10.3. The van der Waals surface area contributed by atoms with Crippen molar-refractivity contribution in [2.24, 2.45) is 0 Å². The molecule has 0 bridgehead atoms. The predicted octanol–water partition coefficient (Wildman–Crippen LogP) is 2.98. The number of nitrogens with two attached hydrogens (primary N) is 1. The minimum atomic E-state index is 0.346. The van der Waals surface area contributed by atoms with Gasteiger partial charge >= 0.3 is 0 Å². The third-order valence-corrected chi connectivity index (χ3v) is 4.82. The number of nitrogens with one attached hydrogen (secondary N) is 1. The maximum atomic E-state index is 5.81. The lowest BCUT2D eigenvalue weighted by Crippen LogP contribution is -2.25. The third kappa shape index (κ3) is 4.04. The van der Waals surface area contributed by atoms with E-state index in [0.717, 1.165) is 55.1 Å². The van der Waals surface area contributed by atoms with Crippen LogP contribution in [0.25, 0.3) is 10.2 Å². The Morgan fingerprint density at radius 2 is 2.00 bits per heavy atom. The van der Waals surface area contributed by atoms with E-state index in [1.165, 1.54) is 4.88 Å². The van der Waals surface area contributed by atoms with E-state index in [4.69, 9.17) is 5.73 Å². The second-order valence-corrected chi connectivity index (χ2v) is 6.14. The molecule has 6 heteroatoms. The van der Waals surface area contributed by atoms with Crippen LogP contribution in [0.2, 0.25) is 0 Å². The van der Waals surface area contributed by atoms with E-state index in [1.54, 1.807) is 11.3 Å². The van der Waals surface area contributed by atoms with Gasteiger partial charge in [-0.2, -0.15) is 4.98 Å². The molecular formula is C15H25N5S. The summed E-state index contributed by atoms with van der Waals surface area (Å²) >= 11 is 1.70. The highest BCUT2D eigenvalue weighted by Gasteiger charge is 2.10. The van der Waals surface area contributed by atoms with E-state index in [1.807, 2.05) is 0 Å². The number of nitrogen functional groups attached to an aromatic ring is 1. The Morgan fingerprint density at radius 3 is 2.67 bits per heavy atom. The molecule has 0 aliphatic heterocycles. The van der Waals surface area contributed by atoms with Gasteiger partial charge in [-0.15, -0.1) is 11.3 Å². The summed E-state index contributed by atoms with van der Waals surface area (Å²) < 4.78 is 0. The molecule has 0 unspecified atom stereocenters. The number of fused-ring (bicyclic) bond motifs is 1. The van der Waals surface area contributed by atoms with Crippen LogP contribution in [0.15, 0.2) is 6.07 Å². The van der Waals surface area contributed by atoms with E-state index in [9.17, 15) is 0 Å². The molecule has 0 aromatic carbocycles. The Labute approximate surface area is 130 Å². The molecular weight excluding hydrogens is 282 g/mol. The van der Waals surface area contributed by atoms with Crippen LogP contribution >= 0.6 is 11.3 Å². The molecule has 0 saturated heterocycles. The van der Waals surface area contributed by atoms with Crippen LogP contribution in [0.3, 0.4) is 0 Å². The molecule has 0 saturated carbocycles. The maximum absolute atomic E-state index is 5.81. The number of aromatic nitrogens is 2. The zero-order chi connectivity index (χ0) is 15.2. The van der Waals surface area contributed by atoms with Crippen molar-refractivity contribution in [1.82, 2.24) is 14.9 Å². The van der Waals surface area contributed by atoms with Gasteiger partial charge in [0.15, 0.2) is 0 Å². The molecule has 21 heavy (non-hydrogen) atoms. The molecule has 0 atom stereocenters. The van der Waals surface area contributed by atoms with Crippen molar-refractivity contribution < 1.29 is 0 Å². The summed E-state index contributed by atoms with van der Waals surface area (Å²) in [6.45, 7) is 10.8. The molecule has 0 fully saturated rings. The second kappa shape index (κ2) is 7.56. The summed E-state index contributed by atoms with van der Waals surface area (Å²) in [5, 5.41) is 4.51. The Hall–Kier alpha value is -1.40. The first kappa shape index (κ1) is 16.0. The van der Waals surface area contributed by atoms with E-state index in [0.29, 0.717) is 5.95 Å². The van der Waals surface area contributed by atoms with Crippen LogP contribution in [0.5, 0.6) is 0 Å². The minimum Gasteiger partial charge on any atom is -0.369 e. The first-order valence-electron chi connectivity index (χ1n) is 7.70. The number of thiophene rings is 1. The molecule has 2 aromatic heterocycles. The predicted molar refractivity (Wildman–Crippen MR) is 92.1 cm³/mol.